The first kappa shape index (κ1) is 19.1. The standard InChI is InChI=1S/C21H27FN2O/c1-15(20(25)23-19-9-7-6-8-18(19)22)24(5)14-16-10-12-17(13-11-16)21(2,3)4/h6-13,15H,14H2,1-5H3,(H,23,25)/t15-/m1/s1. The molecule has 2 aromatic carbocycles. The molecule has 25 heavy (non-hydrogen) atoms. The maximum atomic E-state index is 13.7. The number of para-hydroxylation sites is 1. The number of hydrogen-bond acceptors (Lipinski definition) is 2. The van der Waals surface area contributed by atoms with E-state index in [0.717, 1.165) is 5.56 Å². The molecule has 2 rings (SSSR count). The Hall–Kier alpha value is -2.20. The Labute approximate surface area is 149 Å². The molecule has 0 aliphatic carbocycles. The van der Waals surface area contributed by atoms with Gasteiger partial charge in [-0.15, -0.1) is 0 Å². The largest absolute Gasteiger partial charge is 0.322 e. The average Bonchev–Trinajstić information content (AvgIpc) is 2.55. The number of benzene rings is 2. The van der Waals surface area contributed by atoms with Gasteiger partial charge in [0, 0.05) is 6.54 Å². The second-order valence-electron chi connectivity index (χ2n) is 7.51. The molecule has 0 fully saturated rings. The third kappa shape index (κ3) is 5.13. The van der Waals surface area contributed by atoms with Gasteiger partial charge in [0.05, 0.1) is 11.7 Å². The third-order valence-corrected chi connectivity index (χ3v) is 4.42. The Bertz CT molecular complexity index is 719. The number of nitrogens with one attached hydrogen (secondary N) is 1. The summed E-state index contributed by atoms with van der Waals surface area (Å²) in [6.45, 7) is 9.02. The third-order valence-electron chi connectivity index (χ3n) is 4.42. The molecule has 1 amide bonds. The maximum Gasteiger partial charge on any atom is 0.241 e. The first-order valence-electron chi connectivity index (χ1n) is 8.53. The van der Waals surface area contributed by atoms with Gasteiger partial charge in [-0.05, 0) is 42.6 Å². The molecule has 0 bridgehead atoms. The average molecular weight is 342 g/mol. The molecule has 0 spiro atoms. The number of amides is 1. The summed E-state index contributed by atoms with van der Waals surface area (Å²) in [5, 5.41) is 2.65. The van der Waals surface area contributed by atoms with Crippen molar-refractivity contribution < 1.29 is 9.18 Å². The smallest absolute Gasteiger partial charge is 0.241 e. The lowest BCUT2D eigenvalue weighted by Gasteiger charge is -2.25. The normalized spacial score (nSPS) is 12.9. The zero-order valence-electron chi connectivity index (χ0n) is 15.6. The van der Waals surface area contributed by atoms with Gasteiger partial charge < -0.3 is 5.32 Å². The molecule has 0 aromatic heterocycles. The fourth-order valence-corrected chi connectivity index (χ4v) is 2.53. The van der Waals surface area contributed by atoms with Crippen LogP contribution in [0.2, 0.25) is 0 Å². The Morgan fingerprint density at radius 3 is 2.28 bits per heavy atom. The summed E-state index contributed by atoms with van der Waals surface area (Å²) in [7, 11) is 1.89. The highest BCUT2D eigenvalue weighted by atomic mass is 19.1. The van der Waals surface area contributed by atoms with E-state index in [4.69, 9.17) is 0 Å². The lowest BCUT2D eigenvalue weighted by Crippen LogP contribution is -2.39. The van der Waals surface area contributed by atoms with Crippen molar-refractivity contribution in [3.05, 3.63) is 65.5 Å². The van der Waals surface area contributed by atoms with Crippen LogP contribution in [0.1, 0.15) is 38.8 Å². The van der Waals surface area contributed by atoms with Crippen LogP contribution in [-0.2, 0) is 16.8 Å². The molecule has 3 nitrogen and oxygen atoms in total. The summed E-state index contributed by atoms with van der Waals surface area (Å²) >= 11 is 0. The van der Waals surface area contributed by atoms with Crippen LogP contribution < -0.4 is 5.32 Å². The Morgan fingerprint density at radius 2 is 1.72 bits per heavy atom. The van der Waals surface area contributed by atoms with Crippen molar-refractivity contribution in [2.24, 2.45) is 0 Å². The van der Waals surface area contributed by atoms with Crippen LogP contribution in [0.3, 0.4) is 0 Å². The number of carbonyl (C=O) groups excluding carboxylic acids is 1. The van der Waals surface area contributed by atoms with Gasteiger partial charge in [-0.2, -0.15) is 0 Å². The van der Waals surface area contributed by atoms with E-state index in [-0.39, 0.29) is 23.1 Å². The summed E-state index contributed by atoms with van der Waals surface area (Å²) in [6.07, 6.45) is 0. The minimum atomic E-state index is -0.427. The topological polar surface area (TPSA) is 32.3 Å². The number of hydrogen-bond donors (Lipinski definition) is 1. The van der Waals surface area contributed by atoms with E-state index in [1.165, 1.54) is 11.6 Å². The van der Waals surface area contributed by atoms with E-state index in [9.17, 15) is 9.18 Å². The van der Waals surface area contributed by atoms with Crippen molar-refractivity contribution in [3.63, 3.8) is 0 Å². The predicted octanol–water partition coefficient (Wildman–Crippen LogP) is 4.58. The fraction of sp³-hybridized carbons (Fsp3) is 0.381. The molecule has 134 valence electrons. The maximum absolute atomic E-state index is 13.7. The van der Waals surface area contributed by atoms with E-state index in [1.807, 2.05) is 18.9 Å². The second-order valence-corrected chi connectivity index (χ2v) is 7.51. The monoisotopic (exact) mass is 342 g/mol. The highest BCUT2D eigenvalue weighted by molar-refractivity contribution is 5.94. The van der Waals surface area contributed by atoms with Gasteiger partial charge >= 0.3 is 0 Å². The molecule has 0 unspecified atom stereocenters. The number of rotatable bonds is 5. The molecule has 1 N–H and O–H groups in total. The quantitative estimate of drug-likeness (QED) is 0.862. The molecule has 4 heteroatoms. The molecular formula is C21H27FN2O. The zero-order valence-corrected chi connectivity index (χ0v) is 15.6. The molecular weight excluding hydrogens is 315 g/mol. The summed E-state index contributed by atoms with van der Waals surface area (Å²) in [5.74, 6) is -0.651. The number of likely N-dealkylation sites (N-methyl/N-ethyl adjacent to an activating group) is 1. The van der Waals surface area contributed by atoms with Crippen molar-refractivity contribution >= 4 is 11.6 Å². The minimum absolute atomic E-state index is 0.122. The van der Waals surface area contributed by atoms with E-state index in [0.29, 0.717) is 6.54 Å². The molecule has 0 aliphatic rings. The molecule has 2 aromatic rings. The summed E-state index contributed by atoms with van der Waals surface area (Å²) < 4.78 is 13.7. The van der Waals surface area contributed by atoms with Crippen LogP contribution in [0.15, 0.2) is 48.5 Å². The molecule has 0 saturated heterocycles. The number of halogens is 1. The Balaban J connectivity index is 1.98. The van der Waals surface area contributed by atoms with Gasteiger partial charge in [0.15, 0.2) is 0 Å². The van der Waals surface area contributed by atoms with Crippen molar-refractivity contribution in [2.75, 3.05) is 12.4 Å². The van der Waals surface area contributed by atoms with Crippen molar-refractivity contribution in [2.45, 2.75) is 45.7 Å². The molecule has 0 heterocycles. The molecule has 1 atom stereocenters. The van der Waals surface area contributed by atoms with Crippen LogP contribution in [-0.4, -0.2) is 23.9 Å². The zero-order chi connectivity index (χ0) is 18.6. The van der Waals surface area contributed by atoms with Crippen LogP contribution >= 0.6 is 0 Å². The van der Waals surface area contributed by atoms with Crippen LogP contribution in [0, 0.1) is 5.82 Å². The second kappa shape index (κ2) is 7.79. The molecule has 0 saturated carbocycles. The predicted molar refractivity (Wildman–Crippen MR) is 101 cm³/mol. The van der Waals surface area contributed by atoms with Crippen molar-refractivity contribution in [1.29, 1.82) is 0 Å². The summed E-state index contributed by atoms with van der Waals surface area (Å²) in [5.41, 5.74) is 2.75. The Kier molecular flexibility index (Phi) is 5.96. The molecule has 0 aliphatic heterocycles. The summed E-state index contributed by atoms with van der Waals surface area (Å²) in [4.78, 5) is 14.3. The lowest BCUT2D eigenvalue weighted by atomic mass is 9.87. The van der Waals surface area contributed by atoms with Crippen LogP contribution in [0.5, 0.6) is 0 Å². The highest BCUT2D eigenvalue weighted by Crippen LogP contribution is 2.22. The SMILES string of the molecule is C[C@H](C(=O)Nc1ccccc1F)N(C)Cc1ccc(C(C)(C)C)cc1. The van der Waals surface area contributed by atoms with Gasteiger partial charge in [0.25, 0.3) is 0 Å². The van der Waals surface area contributed by atoms with Crippen molar-refractivity contribution in [1.82, 2.24) is 4.90 Å². The van der Waals surface area contributed by atoms with Crippen molar-refractivity contribution in [3.8, 4) is 0 Å². The van der Waals surface area contributed by atoms with E-state index in [1.54, 1.807) is 18.2 Å². The van der Waals surface area contributed by atoms with Crippen LogP contribution in [0.25, 0.3) is 0 Å². The number of nitrogens with zero attached hydrogens (tertiary/aromatic N) is 1. The lowest BCUT2D eigenvalue weighted by molar-refractivity contribution is -0.120. The van der Waals surface area contributed by atoms with Gasteiger partial charge in [-0.25, -0.2) is 4.39 Å². The molecule has 0 radical (unpaired) electrons. The fourth-order valence-electron chi connectivity index (χ4n) is 2.53. The summed E-state index contributed by atoms with van der Waals surface area (Å²) in [6, 6.07) is 14.3. The number of carbonyl (C=O) groups is 1. The van der Waals surface area contributed by atoms with Gasteiger partial charge in [-0.3, -0.25) is 9.69 Å². The van der Waals surface area contributed by atoms with Crippen LogP contribution in [0.4, 0.5) is 10.1 Å². The number of anilines is 1. The van der Waals surface area contributed by atoms with E-state index >= 15 is 0 Å². The van der Waals surface area contributed by atoms with E-state index < -0.39 is 5.82 Å². The first-order chi connectivity index (χ1) is 11.7. The minimum Gasteiger partial charge on any atom is -0.322 e. The van der Waals surface area contributed by atoms with Gasteiger partial charge in [0.1, 0.15) is 5.82 Å². The van der Waals surface area contributed by atoms with E-state index in [2.05, 4.69) is 50.4 Å². The first-order valence-corrected chi connectivity index (χ1v) is 8.53. The Morgan fingerprint density at radius 1 is 1.12 bits per heavy atom. The van der Waals surface area contributed by atoms with Gasteiger partial charge in [0.2, 0.25) is 5.91 Å². The highest BCUT2D eigenvalue weighted by Gasteiger charge is 2.19. The van der Waals surface area contributed by atoms with Gasteiger partial charge in [-0.1, -0.05) is 57.2 Å².